The van der Waals surface area contributed by atoms with Gasteiger partial charge < -0.3 is 10.2 Å². The third-order valence-corrected chi connectivity index (χ3v) is 7.63. The maximum absolute atomic E-state index is 6.03. The zero-order chi connectivity index (χ0) is 19.2. The Morgan fingerprint density at radius 3 is 2.67 bits per heavy atom. The first-order valence-electron chi connectivity index (χ1n) is 10.9. The number of hydrogen-bond acceptors (Lipinski definition) is 3. The minimum Gasteiger partial charge on any atom is -0.391 e. The summed E-state index contributed by atoms with van der Waals surface area (Å²) in [5.74, 6) is 1.20. The summed E-state index contributed by atoms with van der Waals surface area (Å²) in [6.45, 7) is 13.9. The molecule has 0 bridgehead atoms. The van der Waals surface area contributed by atoms with Crippen LogP contribution in [0.25, 0.3) is 0 Å². The highest BCUT2D eigenvalue weighted by Gasteiger charge is 2.53. The fourth-order valence-electron chi connectivity index (χ4n) is 5.86. The molecule has 1 aromatic carbocycles. The fraction of sp³-hybridized carbons (Fsp3) is 0.708. The lowest BCUT2D eigenvalue weighted by Gasteiger charge is -2.54. The lowest BCUT2D eigenvalue weighted by atomic mass is 9.49. The molecule has 1 heterocycles. The van der Waals surface area contributed by atoms with Crippen LogP contribution in [0, 0.1) is 11.3 Å². The van der Waals surface area contributed by atoms with Gasteiger partial charge in [0.05, 0.1) is 5.71 Å². The van der Waals surface area contributed by atoms with Crippen LogP contribution in [0.4, 0.5) is 0 Å². The molecule has 3 heteroatoms. The Labute approximate surface area is 164 Å². The third kappa shape index (κ3) is 3.22. The van der Waals surface area contributed by atoms with E-state index < -0.39 is 0 Å². The molecule has 1 saturated carbocycles. The van der Waals surface area contributed by atoms with Crippen LogP contribution in [0.1, 0.15) is 82.9 Å². The predicted molar refractivity (Wildman–Crippen MR) is 113 cm³/mol. The van der Waals surface area contributed by atoms with Gasteiger partial charge in [0.15, 0.2) is 0 Å². The topological polar surface area (TPSA) is 33.6 Å². The number of nitrogens with one attached hydrogen (secondary N) is 1. The van der Waals surface area contributed by atoms with Crippen LogP contribution in [0.5, 0.6) is 0 Å². The first kappa shape index (κ1) is 19.0. The molecule has 0 spiro atoms. The highest BCUT2D eigenvalue weighted by atomic mass is 16.6. The highest BCUT2D eigenvalue weighted by molar-refractivity contribution is 5.96. The molecule has 148 valence electrons. The Morgan fingerprint density at radius 2 is 1.96 bits per heavy atom. The molecular weight excluding hydrogens is 332 g/mol. The maximum atomic E-state index is 6.03. The summed E-state index contributed by atoms with van der Waals surface area (Å²) in [5.41, 5.74) is 6.11. The monoisotopic (exact) mass is 368 g/mol. The number of benzene rings is 1. The van der Waals surface area contributed by atoms with Crippen molar-refractivity contribution in [3.63, 3.8) is 0 Å². The molecule has 3 atom stereocenters. The van der Waals surface area contributed by atoms with E-state index >= 15 is 0 Å². The smallest absolute Gasteiger partial charge is 0.141 e. The van der Waals surface area contributed by atoms with E-state index in [0.717, 1.165) is 25.9 Å². The Balaban J connectivity index is 1.75. The standard InChI is InChI=1S/C24H36N2O/c1-16(2)17-6-8-20-18(14-17)7-9-21-23(3,4)12-10-22(24(20,21)5)26-27-19-11-13-25-15-19/h6,8,14,16,19,21,25H,7,9-13,15H2,1-5H3/t19-,21?,24-/m1/s1. The van der Waals surface area contributed by atoms with E-state index in [1.165, 1.54) is 41.7 Å². The van der Waals surface area contributed by atoms with E-state index in [9.17, 15) is 0 Å². The van der Waals surface area contributed by atoms with Gasteiger partial charge in [0, 0.05) is 18.4 Å². The summed E-state index contributed by atoms with van der Waals surface area (Å²) in [6, 6.07) is 7.21. The highest BCUT2D eigenvalue weighted by Crippen LogP contribution is 2.56. The molecule has 1 N–H and O–H groups in total. The third-order valence-electron chi connectivity index (χ3n) is 7.63. The van der Waals surface area contributed by atoms with Crippen molar-refractivity contribution >= 4 is 5.71 Å². The van der Waals surface area contributed by atoms with Crippen molar-refractivity contribution in [1.29, 1.82) is 0 Å². The molecule has 0 aromatic heterocycles. The second-order valence-electron chi connectivity index (χ2n) is 10.1. The minimum absolute atomic E-state index is 0.00310. The van der Waals surface area contributed by atoms with Gasteiger partial charge in [0.25, 0.3) is 0 Å². The van der Waals surface area contributed by atoms with Gasteiger partial charge >= 0.3 is 0 Å². The number of aryl methyl sites for hydroxylation is 1. The first-order chi connectivity index (χ1) is 12.8. The van der Waals surface area contributed by atoms with Crippen LogP contribution in [0.2, 0.25) is 0 Å². The van der Waals surface area contributed by atoms with Gasteiger partial charge in [-0.25, -0.2) is 0 Å². The normalized spacial score (nSPS) is 33.8. The summed E-state index contributed by atoms with van der Waals surface area (Å²) in [7, 11) is 0. The maximum Gasteiger partial charge on any atom is 0.141 e. The van der Waals surface area contributed by atoms with Crippen LogP contribution < -0.4 is 5.32 Å². The van der Waals surface area contributed by atoms with E-state index in [1.807, 2.05) is 0 Å². The number of rotatable bonds is 3. The number of nitrogens with zero attached hydrogens (tertiary/aromatic N) is 1. The zero-order valence-electron chi connectivity index (χ0n) is 17.8. The predicted octanol–water partition coefficient (Wildman–Crippen LogP) is 5.18. The second kappa shape index (κ2) is 6.92. The minimum atomic E-state index is -0.00310. The lowest BCUT2D eigenvalue weighted by Crippen LogP contribution is -2.53. The molecule has 2 fully saturated rings. The second-order valence-corrected chi connectivity index (χ2v) is 10.1. The number of oxime groups is 1. The van der Waals surface area contributed by atoms with Crippen molar-refractivity contribution in [2.24, 2.45) is 16.5 Å². The zero-order valence-corrected chi connectivity index (χ0v) is 17.8. The molecule has 1 saturated heterocycles. The van der Waals surface area contributed by atoms with E-state index in [0.29, 0.717) is 17.3 Å². The molecule has 27 heavy (non-hydrogen) atoms. The van der Waals surface area contributed by atoms with Crippen LogP contribution in [-0.4, -0.2) is 24.9 Å². The number of hydrogen-bond donors (Lipinski definition) is 1. The van der Waals surface area contributed by atoms with E-state index in [1.54, 1.807) is 0 Å². The van der Waals surface area contributed by atoms with E-state index in [4.69, 9.17) is 9.99 Å². The summed E-state index contributed by atoms with van der Waals surface area (Å²) in [6.07, 6.45) is 6.00. The average molecular weight is 369 g/mol. The Bertz CT molecular complexity index is 730. The molecule has 1 unspecified atom stereocenters. The fourth-order valence-corrected chi connectivity index (χ4v) is 5.86. The van der Waals surface area contributed by atoms with Gasteiger partial charge in [-0.05, 0) is 73.1 Å². The molecule has 0 radical (unpaired) electrons. The molecule has 3 nitrogen and oxygen atoms in total. The summed E-state index contributed by atoms with van der Waals surface area (Å²) in [5, 5.41) is 8.20. The van der Waals surface area contributed by atoms with Gasteiger partial charge in [-0.3, -0.25) is 0 Å². The van der Waals surface area contributed by atoms with Crippen molar-refractivity contribution in [1.82, 2.24) is 5.32 Å². The Kier molecular flexibility index (Phi) is 4.86. The van der Waals surface area contributed by atoms with E-state index in [-0.39, 0.29) is 11.5 Å². The van der Waals surface area contributed by atoms with Gasteiger partial charge in [-0.15, -0.1) is 0 Å². The molecule has 4 rings (SSSR count). The van der Waals surface area contributed by atoms with Crippen molar-refractivity contribution in [3.8, 4) is 0 Å². The quantitative estimate of drug-likeness (QED) is 0.745. The van der Waals surface area contributed by atoms with Crippen LogP contribution in [0.15, 0.2) is 23.4 Å². The van der Waals surface area contributed by atoms with Gasteiger partial charge in [0.2, 0.25) is 0 Å². The molecule has 3 aliphatic rings. The van der Waals surface area contributed by atoms with Crippen LogP contribution in [0.3, 0.4) is 0 Å². The lowest BCUT2D eigenvalue weighted by molar-refractivity contribution is 0.0595. The van der Waals surface area contributed by atoms with Gasteiger partial charge in [-0.1, -0.05) is 51.0 Å². The van der Waals surface area contributed by atoms with Crippen LogP contribution >= 0.6 is 0 Å². The molecular formula is C24H36N2O. The van der Waals surface area contributed by atoms with Crippen molar-refractivity contribution in [2.45, 2.75) is 84.2 Å². The molecule has 1 aliphatic heterocycles. The molecule has 2 aliphatic carbocycles. The van der Waals surface area contributed by atoms with E-state index in [2.05, 4.69) is 58.1 Å². The Morgan fingerprint density at radius 1 is 1.15 bits per heavy atom. The van der Waals surface area contributed by atoms with Crippen LogP contribution in [-0.2, 0) is 16.7 Å². The first-order valence-corrected chi connectivity index (χ1v) is 10.9. The SMILES string of the molecule is CC(C)c1ccc2c(c1)CCC1C(C)(C)CCC(=NO[C@@H]3CCNC3)[C@]21C. The molecule has 0 amide bonds. The Hall–Kier alpha value is -1.35. The average Bonchev–Trinajstić information content (AvgIpc) is 3.14. The van der Waals surface area contributed by atoms with Gasteiger partial charge in [0.1, 0.15) is 6.10 Å². The molecule has 1 aromatic rings. The van der Waals surface area contributed by atoms with Crippen molar-refractivity contribution in [3.05, 3.63) is 34.9 Å². The summed E-state index contributed by atoms with van der Waals surface area (Å²) >= 11 is 0. The number of fused-ring (bicyclic) bond motifs is 3. The van der Waals surface area contributed by atoms with Crippen molar-refractivity contribution < 1.29 is 4.84 Å². The largest absolute Gasteiger partial charge is 0.391 e. The van der Waals surface area contributed by atoms with Gasteiger partial charge in [-0.2, -0.15) is 0 Å². The summed E-state index contributed by atoms with van der Waals surface area (Å²) in [4.78, 5) is 6.03. The van der Waals surface area contributed by atoms with Crippen molar-refractivity contribution in [2.75, 3.05) is 13.1 Å². The summed E-state index contributed by atoms with van der Waals surface area (Å²) < 4.78 is 0.